The van der Waals surface area contributed by atoms with Gasteiger partial charge in [0.05, 0.1) is 24.5 Å². The van der Waals surface area contributed by atoms with Gasteiger partial charge in [-0.2, -0.15) is 0 Å². The zero-order valence-corrected chi connectivity index (χ0v) is 21.5. The molecule has 1 aromatic carbocycles. The third-order valence-electron chi connectivity index (χ3n) is 7.80. The van der Waals surface area contributed by atoms with E-state index in [4.69, 9.17) is 4.65 Å². The highest BCUT2D eigenvalue weighted by atomic mass is 32.1. The van der Waals surface area contributed by atoms with Gasteiger partial charge in [0.1, 0.15) is 5.75 Å². The Balaban J connectivity index is 1.38. The van der Waals surface area contributed by atoms with Crippen molar-refractivity contribution >= 4 is 36.3 Å². The van der Waals surface area contributed by atoms with E-state index in [1.54, 1.807) is 23.5 Å². The smallest absolute Gasteiger partial charge is 0.455 e. The second kappa shape index (κ2) is 10.4. The summed E-state index contributed by atoms with van der Waals surface area (Å²) in [6.45, 7) is 4.47. The van der Waals surface area contributed by atoms with Crippen molar-refractivity contribution < 1.29 is 24.4 Å². The molecule has 1 aliphatic carbocycles. The van der Waals surface area contributed by atoms with Crippen molar-refractivity contribution in [1.29, 1.82) is 0 Å². The number of carbonyl (C=O) groups excluding carboxylic acids is 2. The van der Waals surface area contributed by atoms with Gasteiger partial charge in [0.2, 0.25) is 11.8 Å². The number of phenolic OH excluding ortho intramolecular Hbond substituents is 1. The first-order valence-corrected chi connectivity index (χ1v) is 13.6. The molecule has 2 aromatic rings. The summed E-state index contributed by atoms with van der Waals surface area (Å²) < 4.78 is 6.05. The van der Waals surface area contributed by atoms with Crippen molar-refractivity contribution in [3.63, 3.8) is 0 Å². The third-order valence-corrected chi connectivity index (χ3v) is 8.67. The minimum absolute atomic E-state index is 0.0779. The van der Waals surface area contributed by atoms with Gasteiger partial charge in [-0.05, 0) is 79.6 Å². The van der Waals surface area contributed by atoms with Gasteiger partial charge in [-0.1, -0.05) is 42.3 Å². The minimum atomic E-state index is -0.954. The van der Waals surface area contributed by atoms with E-state index in [1.807, 2.05) is 35.7 Å². The van der Waals surface area contributed by atoms with Gasteiger partial charge < -0.3 is 14.8 Å². The van der Waals surface area contributed by atoms with E-state index >= 15 is 0 Å². The Morgan fingerprint density at radius 2 is 2.06 bits per heavy atom. The topological polar surface area (TPSA) is 87.1 Å². The van der Waals surface area contributed by atoms with Crippen LogP contribution < -0.4 is 0 Å². The number of fused-ring (bicyclic) bond motifs is 3. The van der Waals surface area contributed by atoms with E-state index in [-0.39, 0.29) is 35.5 Å². The molecule has 188 valence electrons. The van der Waals surface area contributed by atoms with Crippen LogP contribution in [0.5, 0.6) is 5.75 Å². The summed E-state index contributed by atoms with van der Waals surface area (Å²) in [5, 5.41) is 22.4. The number of likely N-dealkylation sites (tertiary alicyclic amines) is 1. The van der Waals surface area contributed by atoms with Crippen LogP contribution in [0.1, 0.15) is 50.0 Å². The molecule has 36 heavy (non-hydrogen) atoms. The van der Waals surface area contributed by atoms with Crippen LogP contribution in [-0.4, -0.2) is 40.1 Å². The molecule has 2 fully saturated rings. The molecule has 3 heterocycles. The maximum absolute atomic E-state index is 13.6. The summed E-state index contributed by atoms with van der Waals surface area (Å²) in [4.78, 5) is 29.4. The van der Waals surface area contributed by atoms with Crippen LogP contribution in [0.15, 0.2) is 58.5 Å². The first kappa shape index (κ1) is 25.0. The molecular formula is C28H32BNO5S. The molecule has 2 N–H and O–H groups in total. The lowest BCUT2D eigenvalue weighted by Crippen LogP contribution is -2.46. The van der Waals surface area contributed by atoms with Crippen LogP contribution >= 0.6 is 11.3 Å². The van der Waals surface area contributed by atoms with E-state index in [0.717, 1.165) is 34.4 Å². The van der Waals surface area contributed by atoms with Crippen molar-refractivity contribution in [3.05, 3.63) is 68.9 Å². The minimum Gasteiger partial charge on any atom is -0.508 e. The molecule has 0 radical (unpaired) electrons. The number of benzene rings is 1. The molecule has 0 spiro atoms. The molecule has 4 atom stereocenters. The Labute approximate surface area is 216 Å². The van der Waals surface area contributed by atoms with E-state index in [2.05, 4.69) is 13.8 Å². The lowest BCUT2D eigenvalue weighted by molar-refractivity contribution is -0.140. The Hall–Kier alpha value is -2.68. The van der Waals surface area contributed by atoms with Crippen LogP contribution in [0.2, 0.25) is 6.32 Å². The second-order valence-corrected chi connectivity index (χ2v) is 11.2. The highest BCUT2D eigenvalue weighted by molar-refractivity contribution is 7.09. The molecule has 0 unspecified atom stereocenters. The number of phenols is 1. The zero-order valence-electron chi connectivity index (χ0n) is 20.7. The van der Waals surface area contributed by atoms with E-state index < -0.39 is 13.0 Å². The number of amides is 2. The molecule has 2 aliphatic heterocycles. The normalized spacial score (nSPS) is 26.5. The Kier molecular flexibility index (Phi) is 7.19. The number of rotatable bonds is 7. The maximum Gasteiger partial charge on any atom is 0.455 e. The highest BCUT2D eigenvalue weighted by Gasteiger charge is 2.57. The summed E-state index contributed by atoms with van der Waals surface area (Å²) in [5.74, 6) is -0.897. The summed E-state index contributed by atoms with van der Waals surface area (Å²) in [6.07, 6.45) is 4.95. The molecule has 0 saturated carbocycles. The molecule has 0 bridgehead atoms. The Morgan fingerprint density at radius 1 is 1.22 bits per heavy atom. The monoisotopic (exact) mass is 505 g/mol. The summed E-state index contributed by atoms with van der Waals surface area (Å²) in [5.41, 5.74) is 4.41. The fraction of sp³-hybridized carbons (Fsp3) is 0.429. The van der Waals surface area contributed by atoms with Crippen LogP contribution in [0, 0.1) is 17.8 Å². The van der Waals surface area contributed by atoms with Gasteiger partial charge in [0.15, 0.2) is 0 Å². The fourth-order valence-electron chi connectivity index (χ4n) is 6.21. The van der Waals surface area contributed by atoms with Crippen molar-refractivity contribution in [3.8, 4) is 5.75 Å². The van der Waals surface area contributed by atoms with Crippen LogP contribution in [0.25, 0.3) is 6.08 Å². The summed E-state index contributed by atoms with van der Waals surface area (Å²) in [6, 6.07) is 11.0. The van der Waals surface area contributed by atoms with Gasteiger partial charge in [0, 0.05) is 4.88 Å². The van der Waals surface area contributed by atoms with Gasteiger partial charge in [-0.3, -0.25) is 14.5 Å². The number of allylic oxidation sites excluding steroid dienone is 2. The van der Waals surface area contributed by atoms with Gasteiger partial charge >= 0.3 is 7.12 Å². The van der Waals surface area contributed by atoms with Gasteiger partial charge in [-0.25, -0.2) is 0 Å². The predicted molar refractivity (Wildman–Crippen MR) is 141 cm³/mol. The van der Waals surface area contributed by atoms with E-state index in [1.165, 1.54) is 10.5 Å². The van der Waals surface area contributed by atoms with Gasteiger partial charge in [-0.15, -0.1) is 11.3 Å². The highest BCUT2D eigenvalue weighted by Crippen LogP contribution is 2.51. The lowest BCUT2D eigenvalue weighted by atomic mass is 9.58. The average molecular weight is 505 g/mol. The fourth-order valence-corrected chi connectivity index (χ4v) is 6.90. The van der Waals surface area contributed by atoms with Crippen LogP contribution in [0.4, 0.5) is 0 Å². The van der Waals surface area contributed by atoms with Crippen molar-refractivity contribution in [2.45, 2.75) is 58.5 Å². The number of nitrogens with zero attached hydrogens (tertiary/aromatic N) is 1. The molecular weight excluding hydrogens is 473 g/mol. The predicted octanol–water partition coefficient (Wildman–Crippen LogP) is 5.04. The standard InChI is InChI=1S/C28H32BNO5S/c1-3-19-14-22-26(28(33)30(27(22)32)16-21-8-5-11-36-21)23-15-29(34)35-24(25(19)23)10-9-17(2)12-18-6-4-7-20(31)13-18/h4-8,11-13,22-24,26,31,34H,3,9-10,14-16H2,1-2H3/b17-12+/t22-,23+,24-,26-/m1/s1. The first-order valence-electron chi connectivity index (χ1n) is 12.7. The van der Waals surface area contributed by atoms with Crippen molar-refractivity contribution in [2.24, 2.45) is 17.8 Å². The first-order chi connectivity index (χ1) is 17.4. The zero-order chi connectivity index (χ0) is 25.4. The van der Waals surface area contributed by atoms with Crippen molar-refractivity contribution in [2.75, 3.05) is 0 Å². The number of hydrogen-bond acceptors (Lipinski definition) is 6. The third kappa shape index (κ3) is 4.82. The molecule has 6 nitrogen and oxygen atoms in total. The number of aromatic hydroxyl groups is 1. The average Bonchev–Trinajstić information content (AvgIpc) is 3.44. The SMILES string of the molecule is CCC1=C2[C@@H](CC/C(C)=C/c3cccc(O)c3)OB(O)C[C@@H]2[C@@H]2C(=O)N(Cc3cccs3)C(=O)[C@@H]2C1. The summed E-state index contributed by atoms with van der Waals surface area (Å²) in [7, 11) is -0.954. The summed E-state index contributed by atoms with van der Waals surface area (Å²) >= 11 is 1.55. The Bertz CT molecular complexity index is 1210. The molecule has 5 rings (SSSR count). The largest absolute Gasteiger partial charge is 0.508 e. The Morgan fingerprint density at radius 3 is 2.78 bits per heavy atom. The quantitative estimate of drug-likeness (QED) is 0.313. The number of hydrogen-bond donors (Lipinski definition) is 2. The van der Waals surface area contributed by atoms with E-state index in [9.17, 15) is 19.7 Å². The number of thiophene rings is 1. The molecule has 2 saturated heterocycles. The second-order valence-electron chi connectivity index (χ2n) is 10.1. The van der Waals surface area contributed by atoms with Gasteiger partial charge in [0.25, 0.3) is 0 Å². The lowest BCUT2D eigenvalue weighted by Gasteiger charge is -2.43. The molecule has 3 aliphatic rings. The molecule has 1 aromatic heterocycles. The van der Waals surface area contributed by atoms with Crippen LogP contribution in [-0.2, 0) is 20.8 Å². The number of imide groups is 1. The maximum atomic E-state index is 13.6. The van der Waals surface area contributed by atoms with Crippen molar-refractivity contribution in [1.82, 2.24) is 4.90 Å². The molecule has 2 amide bonds. The molecule has 8 heteroatoms. The van der Waals surface area contributed by atoms with Crippen LogP contribution in [0.3, 0.4) is 0 Å². The van der Waals surface area contributed by atoms with E-state index in [0.29, 0.717) is 25.7 Å². The number of carbonyl (C=O) groups is 2.